The van der Waals surface area contributed by atoms with E-state index in [1.54, 1.807) is 10.9 Å². The monoisotopic (exact) mass is 321 g/mol. The van der Waals surface area contributed by atoms with Crippen molar-refractivity contribution in [2.75, 3.05) is 11.9 Å². The van der Waals surface area contributed by atoms with E-state index in [0.717, 1.165) is 16.8 Å². The predicted molar refractivity (Wildman–Crippen MR) is 93.9 cm³/mol. The molecule has 0 atom stereocenters. The maximum atomic E-state index is 12.2. The highest BCUT2D eigenvalue weighted by molar-refractivity contribution is 5.95. The average molecular weight is 321 g/mol. The molecule has 1 aromatic heterocycles. The zero-order valence-electron chi connectivity index (χ0n) is 13.7. The number of aromatic nitrogens is 2. The molecule has 3 rings (SSSR count). The summed E-state index contributed by atoms with van der Waals surface area (Å²) in [7, 11) is 1.85. The summed E-state index contributed by atoms with van der Waals surface area (Å²) in [5.41, 5.74) is 3.67. The Morgan fingerprint density at radius 1 is 1.12 bits per heavy atom. The molecule has 24 heavy (non-hydrogen) atoms. The van der Waals surface area contributed by atoms with Crippen LogP contribution in [0.25, 0.3) is 11.3 Å². The van der Waals surface area contributed by atoms with E-state index in [1.807, 2.05) is 68.6 Å². The van der Waals surface area contributed by atoms with Crippen LogP contribution >= 0.6 is 0 Å². The first kappa shape index (κ1) is 15.8. The molecule has 0 saturated carbocycles. The Morgan fingerprint density at radius 3 is 2.54 bits per heavy atom. The number of nitrogens with one attached hydrogen (secondary N) is 1. The molecule has 122 valence electrons. The highest BCUT2D eigenvalue weighted by Gasteiger charge is 2.13. The van der Waals surface area contributed by atoms with Gasteiger partial charge >= 0.3 is 0 Å². The minimum Gasteiger partial charge on any atom is -0.484 e. The van der Waals surface area contributed by atoms with Crippen molar-refractivity contribution in [2.24, 2.45) is 7.05 Å². The van der Waals surface area contributed by atoms with Crippen LogP contribution in [0.3, 0.4) is 0 Å². The van der Waals surface area contributed by atoms with E-state index >= 15 is 0 Å². The summed E-state index contributed by atoms with van der Waals surface area (Å²) in [5, 5.41) is 7.10. The summed E-state index contributed by atoms with van der Waals surface area (Å²) in [6.07, 6.45) is 1.64. The molecule has 0 bridgehead atoms. The highest BCUT2D eigenvalue weighted by atomic mass is 16.5. The molecular weight excluding hydrogens is 302 g/mol. The lowest BCUT2D eigenvalue weighted by Gasteiger charge is -2.09. The van der Waals surface area contributed by atoms with Crippen molar-refractivity contribution < 1.29 is 9.53 Å². The van der Waals surface area contributed by atoms with Gasteiger partial charge in [0.25, 0.3) is 5.91 Å². The van der Waals surface area contributed by atoms with Crippen molar-refractivity contribution in [2.45, 2.75) is 6.92 Å². The Hall–Kier alpha value is -3.08. The zero-order chi connectivity index (χ0) is 16.9. The molecule has 0 fully saturated rings. The summed E-state index contributed by atoms with van der Waals surface area (Å²) in [6.45, 7) is 1.95. The van der Waals surface area contributed by atoms with E-state index in [4.69, 9.17) is 4.74 Å². The lowest BCUT2D eigenvalue weighted by molar-refractivity contribution is -0.118. The molecule has 0 unspecified atom stereocenters. The van der Waals surface area contributed by atoms with Gasteiger partial charge in [0.05, 0.1) is 17.6 Å². The number of benzene rings is 2. The largest absolute Gasteiger partial charge is 0.484 e. The van der Waals surface area contributed by atoms with Gasteiger partial charge in [-0.05, 0) is 19.1 Å². The molecule has 1 heterocycles. The number of amides is 1. The molecule has 1 amide bonds. The van der Waals surface area contributed by atoms with Gasteiger partial charge in [0.1, 0.15) is 5.75 Å². The summed E-state index contributed by atoms with van der Waals surface area (Å²) in [4.78, 5) is 12.2. The van der Waals surface area contributed by atoms with E-state index in [-0.39, 0.29) is 12.5 Å². The molecule has 3 aromatic rings. The van der Waals surface area contributed by atoms with Crippen molar-refractivity contribution in [3.05, 3.63) is 66.4 Å². The maximum absolute atomic E-state index is 12.2. The van der Waals surface area contributed by atoms with Crippen molar-refractivity contribution in [1.82, 2.24) is 9.78 Å². The average Bonchev–Trinajstić information content (AvgIpc) is 2.95. The van der Waals surface area contributed by atoms with Crippen LogP contribution in [-0.4, -0.2) is 22.3 Å². The van der Waals surface area contributed by atoms with Gasteiger partial charge in [0, 0.05) is 12.6 Å². The van der Waals surface area contributed by atoms with Gasteiger partial charge in [-0.15, -0.1) is 0 Å². The first-order valence-electron chi connectivity index (χ1n) is 7.70. The van der Waals surface area contributed by atoms with E-state index in [0.29, 0.717) is 11.4 Å². The summed E-state index contributed by atoms with van der Waals surface area (Å²) in [5.74, 6) is 0.450. The predicted octanol–water partition coefficient (Wildman–Crippen LogP) is 3.41. The number of hydrogen-bond acceptors (Lipinski definition) is 3. The van der Waals surface area contributed by atoms with Gasteiger partial charge in [0.2, 0.25) is 0 Å². The summed E-state index contributed by atoms with van der Waals surface area (Å²) < 4.78 is 7.25. The van der Waals surface area contributed by atoms with E-state index < -0.39 is 0 Å². The molecule has 5 nitrogen and oxygen atoms in total. The second-order valence-electron chi connectivity index (χ2n) is 5.55. The smallest absolute Gasteiger partial charge is 0.262 e. The van der Waals surface area contributed by atoms with E-state index in [9.17, 15) is 4.79 Å². The molecule has 0 aliphatic rings. The second-order valence-corrected chi connectivity index (χ2v) is 5.55. The summed E-state index contributed by atoms with van der Waals surface area (Å²) in [6, 6.07) is 17.4. The molecule has 0 aliphatic carbocycles. The fourth-order valence-corrected chi connectivity index (χ4v) is 2.44. The number of rotatable bonds is 5. The first-order chi connectivity index (χ1) is 11.6. The fourth-order valence-electron chi connectivity index (χ4n) is 2.44. The third-order valence-electron chi connectivity index (χ3n) is 3.65. The molecule has 0 radical (unpaired) electrons. The Morgan fingerprint density at radius 2 is 1.83 bits per heavy atom. The molecule has 0 saturated heterocycles. The van der Waals surface area contributed by atoms with Crippen molar-refractivity contribution in [3.8, 4) is 17.0 Å². The van der Waals surface area contributed by atoms with Gasteiger partial charge in [-0.3, -0.25) is 9.48 Å². The fraction of sp³-hybridized carbons (Fsp3) is 0.158. The van der Waals surface area contributed by atoms with Gasteiger partial charge in [-0.2, -0.15) is 5.10 Å². The molecule has 1 N–H and O–H groups in total. The van der Waals surface area contributed by atoms with Gasteiger partial charge < -0.3 is 10.1 Å². The van der Waals surface area contributed by atoms with Crippen molar-refractivity contribution >= 4 is 11.6 Å². The Kier molecular flexibility index (Phi) is 4.61. The number of nitrogens with zero attached hydrogens (tertiary/aromatic N) is 2. The van der Waals surface area contributed by atoms with Crippen LogP contribution < -0.4 is 10.1 Å². The SMILES string of the molecule is Cc1ccc(OCC(=O)Nc2cnn(C)c2-c2ccccc2)cc1. The molecular formula is C19H19N3O2. The van der Waals surface area contributed by atoms with E-state index in [2.05, 4.69) is 10.4 Å². The van der Waals surface area contributed by atoms with E-state index in [1.165, 1.54) is 0 Å². The minimum absolute atomic E-state index is 0.0494. The Balaban J connectivity index is 1.68. The third-order valence-corrected chi connectivity index (χ3v) is 3.65. The van der Waals surface area contributed by atoms with Crippen LogP contribution in [-0.2, 0) is 11.8 Å². The highest BCUT2D eigenvalue weighted by Crippen LogP contribution is 2.26. The molecule has 0 aliphatic heterocycles. The van der Waals surface area contributed by atoms with Crippen LogP contribution in [0.1, 0.15) is 5.56 Å². The van der Waals surface area contributed by atoms with Crippen LogP contribution in [0.15, 0.2) is 60.8 Å². The lowest BCUT2D eigenvalue weighted by Crippen LogP contribution is -2.20. The zero-order valence-corrected chi connectivity index (χ0v) is 13.7. The van der Waals surface area contributed by atoms with Gasteiger partial charge in [-0.25, -0.2) is 0 Å². The van der Waals surface area contributed by atoms with Crippen molar-refractivity contribution in [1.29, 1.82) is 0 Å². The summed E-state index contributed by atoms with van der Waals surface area (Å²) >= 11 is 0. The van der Waals surface area contributed by atoms with Crippen LogP contribution in [0, 0.1) is 6.92 Å². The molecule has 0 spiro atoms. The minimum atomic E-state index is -0.222. The second kappa shape index (κ2) is 7.00. The van der Waals surface area contributed by atoms with Crippen LogP contribution in [0.2, 0.25) is 0 Å². The number of hydrogen-bond donors (Lipinski definition) is 1. The third kappa shape index (κ3) is 3.63. The Labute approximate surface area is 140 Å². The standard InChI is InChI=1S/C19H19N3O2/c1-14-8-10-16(11-9-14)24-13-18(23)21-17-12-20-22(2)19(17)15-6-4-3-5-7-15/h3-12H,13H2,1-2H3,(H,21,23). The molecule has 2 aromatic carbocycles. The first-order valence-corrected chi connectivity index (χ1v) is 7.70. The van der Waals surface area contributed by atoms with Crippen LogP contribution in [0.4, 0.5) is 5.69 Å². The Bertz CT molecular complexity index is 824. The number of ether oxygens (including phenoxy) is 1. The number of carbonyl (C=O) groups is 1. The number of aryl methyl sites for hydroxylation is 2. The van der Waals surface area contributed by atoms with Crippen LogP contribution in [0.5, 0.6) is 5.75 Å². The number of carbonyl (C=O) groups excluding carboxylic acids is 1. The number of anilines is 1. The normalized spacial score (nSPS) is 10.4. The van der Waals surface area contributed by atoms with Crippen molar-refractivity contribution in [3.63, 3.8) is 0 Å². The van der Waals surface area contributed by atoms with Gasteiger partial charge in [-0.1, -0.05) is 48.0 Å². The maximum Gasteiger partial charge on any atom is 0.262 e. The quantitative estimate of drug-likeness (QED) is 0.783. The lowest BCUT2D eigenvalue weighted by atomic mass is 10.1. The van der Waals surface area contributed by atoms with Gasteiger partial charge in [0.15, 0.2) is 6.61 Å². The molecule has 5 heteroatoms. The topological polar surface area (TPSA) is 56.1 Å².